The highest BCUT2D eigenvalue weighted by atomic mass is 32.1. The van der Waals surface area contributed by atoms with Crippen LogP contribution in [0, 0.1) is 19.7 Å². The van der Waals surface area contributed by atoms with E-state index in [4.69, 9.17) is 0 Å². The number of nitrogens with one attached hydrogen (secondary N) is 1. The Bertz CT molecular complexity index is 822. The van der Waals surface area contributed by atoms with E-state index in [0.29, 0.717) is 21.5 Å². The summed E-state index contributed by atoms with van der Waals surface area (Å²) in [6.45, 7) is 3.85. The molecule has 1 heterocycles. The lowest BCUT2D eigenvalue weighted by molar-refractivity contribution is 0.102. The van der Waals surface area contributed by atoms with Crippen LogP contribution in [0.1, 0.15) is 20.9 Å². The monoisotopic (exact) mass is 300 g/mol. The molecule has 0 fully saturated rings. The van der Waals surface area contributed by atoms with Crippen LogP contribution in [0.5, 0.6) is 0 Å². The first-order chi connectivity index (χ1) is 10.1. The Hall–Kier alpha value is -2.27. The highest BCUT2D eigenvalue weighted by Crippen LogP contribution is 2.25. The predicted molar refractivity (Wildman–Crippen MR) is 83.4 cm³/mol. The summed E-state index contributed by atoms with van der Waals surface area (Å²) in [5.41, 5.74) is 1.34. The molecule has 1 amide bonds. The summed E-state index contributed by atoms with van der Waals surface area (Å²) in [5, 5.41) is 4.37. The Morgan fingerprint density at radius 1 is 1.14 bits per heavy atom. The molecule has 0 aliphatic rings. The summed E-state index contributed by atoms with van der Waals surface area (Å²) in [6, 6.07) is 9.76. The van der Waals surface area contributed by atoms with Crippen molar-refractivity contribution in [3.63, 3.8) is 0 Å². The van der Waals surface area contributed by atoms with Crippen molar-refractivity contribution in [3.05, 3.63) is 58.3 Å². The Morgan fingerprint density at radius 3 is 2.52 bits per heavy atom. The van der Waals surface area contributed by atoms with Crippen molar-refractivity contribution in [1.29, 1.82) is 0 Å². The molecule has 0 aliphatic heterocycles. The van der Waals surface area contributed by atoms with Crippen LogP contribution in [0.3, 0.4) is 0 Å². The maximum absolute atomic E-state index is 13.8. The second kappa shape index (κ2) is 5.26. The quantitative estimate of drug-likeness (QED) is 0.766. The lowest BCUT2D eigenvalue weighted by Crippen LogP contribution is -2.12. The molecule has 3 nitrogen and oxygen atoms in total. The molecule has 0 radical (unpaired) electrons. The molecule has 0 aliphatic carbocycles. The number of carbonyl (C=O) groups excluding carboxylic acids is 1. The molecule has 0 atom stereocenters. The largest absolute Gasteiger partial charge is 0.298 e. The molecule has 3 aromatic rings. The van der Waals surface area contributed by atoms with Gasteiger partial charge in [-0.25, -0.2) is 9.37 Å². The number of halogens is 1. The van der Waals surface area contributed by atoms with E-state index in [2.05, 4.69) is 10.3 Å². The van der Waals surface area contributed by atoms with E-state index in [-0.39, 0.29) is 11.7 Å². The van der Waals surface area contributed by atoms with Gasteiger partial charge >= 0.3 is 0 Å². The number of aromatic nitrogens is 1. The van der Waals surface area contributed by atoms with E-state index in [9.17, 15) is 9.18 Å². The first kappa shape index (κ1) is 13.7. The topological polar surface area (TPSA) is 42.0 Å². The molecule has 5 heteroatoms. The highest BCUT2D eigenvalue weighted by Gasteiger charge is 2.14. The number of carbonyl (C=O) groups is 1. The van der Waals surface area contributed by atoms with Gasteiger partial charge in [-0.15, -0.1) is 11.3 Å². The average molecular weight is 300 g/mol. The zero-order valence-electron chi connectivity index (χ0n) is 11.6. The molecular formula is C16H13FN2OS. The van der Waals surface area contributed by atoms with Crippen LogP contribution < -0.4 is 5.32 Å². The SMILES string of the molecule is Cc1nc(NC(=O)c2ccc(F)c3ccccc23)sc1C. The fraction of sp³-hybridized carbons (Fsp3) is 0.125. The zero-order chi connectivity index (χ0) is 15.0. The van der Waals surface area contributed by atoms with Crippen molar-refractivity contribution >= 4 is 33.1 Å². The lowest BCUT2D eigenvalue weighted by atomic mass is 10.0. The number of amides is 1. The van der Waals surface area contributed by atoms with Gasteiger partial charge in [-0.2, -0.15) is 0 Å². The van der Waals surface area contributed by atoms with Crippen molar-refractivity contribution in [3.8, 4) is 0 Å². The second-order valence-corrected chi connectivity index (χ2v) is 5.96. The molecule has 1 N–H and O–H groups in total. The van der Waals surface area contributed by atoms with Gasteiger partial charge in [0.15, 0.2) is 5.13 Å². The number of anilines is 1. The second-order valence-electron chi connectivity index (χ2n) is 4.76. The Kier molecular flexibility index (Phi) is 3.43. The van der Waals surface area contributed by atoms with Gasteiger partial charge in [0.1, 0.15) is 5.82 Å². The maximum Gasteiger partial charge on any atom is 0.258 e. The van der Waals surface area contributed by atoms with Crippen molar-refractivity contribution in [2.75, 3.05) is 5.32 Å². The number of aryl methyl sites for hydroxylation is 2. The summed E-state index contributed by atoms with van der Waals surface area (Å²) in [5.74, 6) is -0.608. The predicted octanol–water partition coefficient (Wildman–Crippen LogP) is 4.30. The summed E-state index contributed by atoms with van der Waals surface area (Å²) >= 11 is 1.43. The summed E-state index contributed by atoms with van der Waals surface area (Å²) in [7, 11) is 0. The first-order valence-corrected chi connectivity index (χ1v) is 7.30. The third-order valence-electron chi connectivity index (χ3n) is 3.36. The molecule has 0 bridgehead atoms. The van der Waals surface area contributed by atoms with E-state index in [1.54, 1.807) is 24.3 Å². The fourth-order valence-electron chi connectivity index (χ4n) is 2.15. The van der Waals surface area contributed by atoms with Crippen molar-refractivity contribution in [1.82, 2.24) is 4.98 Å². The van der Waals surface area contributed by atoms with Crippen LogP contribution >= 0.6 is 11.3 Å². The van der Waals surface area contributed by atoms with E-state index in [1.165, 1.54) is 23.5 Å². The molecule has 1 aromatic heterocycles. The minimum absolute atomic E-state index is 0.278. The third-order valence-corrected chi connectivity index (χ3v) is 4.35. The van der Waals surface area contributed by atoms with Gasteiger partial charge in [0, 0.05) is 15.8 Å². The zero-order valence-corrected chi connectivity index (χ0v) is 12.4. The number of nitrogens with zero attached hydrogens (tertiary/aromatic N) is 1. The number of benzene rings is 2. The molecule has 2 aromatic carbocycles. The van der Waals surface area contributed by atoms with Crippen molar-refractivity contribution < 1.29 is 9.18 Å². The summed E-state index contributed by atoms with van der Waals surface area (Å²) in [6.07, 6.45) is 0. The Morgan fingerprint density at radius 2 is 1.86 bits per heavy atom. The van der Waals surface area contributed by atoms with Crippen LogP contribution in [0.25, 0.3) is 10.8 Å². The average Bonchev–Trinajstić information content (AvgIpc) is 2.77. The molecular weight excluding hydrogens is 287 g/mol. The fourth-order valence-corrected chi connectivity index (χ4v) is 2.96. The molecule has 0 saturated carbocycles. The molecule has 106 valence electrons. The van der Waals surface area contributed by atoms with Crippen LogP contribution in [0.2, 0.25) is 0 Å². The minimum atomic E-state index is -0.330. The van der Waals surface area contributed by atoms with Gasteiger partial charge in [-0.1, -0.05) is 24.3 Å². The maximum atomic E-state index is 13.8. The van der Waals surface area contributed by atoms with Gasteiger partial charge in [0.05, 0.1) is 5.69 Å². The van der Waals surface area contributed by atoms with E-state index < -0.39 is 0 Å². The standard InChI is InChI=1S/C16H13FN2OS/c1-9-10(2)21-16(18-9)19-15(20)13-7-8-14(17)12-6-4-3-5-11(12)13/h3-8H,1-2H3,(H,18,19,20). The normalized spacial score (nSPS) is 10.8. The number of rotatable bonds is 2. The number of fused-ring (bicyclic) bond motifs is 1. The molecule has 21 heavy (non-hydrogen) atoms. The van der Waals surface area contributed by atoms with Gasteiger partial charge in [0.25, 0.3) is 5.91 Å². The van der Waals surface area contributed by atoms with Crippen molar-refractivity contribution in [2.24, 2.45) is 0 Å². The smallest absolute Gasteiger partial charge is 0.258 e. The Labute approximate surface area is 125 Å². The van der Waals surface area contributed by atoms with E-state index in [0.717, 1.165) is 10.6 Å². The first-order valence-electron chi connectivity index (χ1n) is 6.49. The van der Waals surface area contributed by atoms with Gasteiger partial charge < -0.3 is 0 Å². The van der Waals surface area contributed by atoms with E-state index in [1.807, 2.05) is 13.8 Å². The minimum Gasteiger partial charge on any atom is -0.298 e. The summed E-state index contributed by atoms with van der Waals surface area (Å²) in [4.78, 5) is 17.7. The van der Waals surface area contributed by atoms with Gasteiger partial charge in [-0.05, 0) is 31.4 Å². The Balaban J connectivity index is 2.00. The number of thiazole rings is 1. The number of hydrogen-bond acceptors (Lipinski definition) is 3. The van der Waals surface area contributed by atoms with Crippen LogP contribution in [0.4, 0.5) is 9.52 Å². The molecule has 3 rings (SSSR count). The van der Waals surface area contributed by atoms with Gasteiger partial charge in [-0.3, -0.25) is 10.1 Å². The highest BCUT2D eigenvalue weighted by molar-refractivity contribution is 7.15. The molecule has 0 saturated heterocycles. The third kappa shape index (κ3) is 2.52. The van der Waals surface area contributed by atoms with Gasteiger partial charge in [0.2, 0.25) is 0 Å². The van der Waals surface area contributed by atoms with Crippen LogP contribution in [-0.2, 0) is 0 Å². The summed E-state index contributed by atoms with van der Waals surface area (Å²) < 4.78 is 13.8. The van der Waals surface area contributed by atoms with Crippen molar-refractivity contribution in [2.45, 2.75) is 13.8 Å². The van der Waals surface area contributed by atoms with Crippen LogP contribution in [-0.4, -0.2) is 10.9 Å². The number of hydrogen-bond donors (Lipinski definition) is 1. The molecule has 0 spiro atoms. The van der Waals surface area contributed by atoms with Crippen LogP contribution in [0.15, 0.2) is 36.4 Å². The molecule has 0 unspecified atom stereocenters. The lowest BCUT2D eigenvalue weighted by Gasteiger charge is -2.07. The van der Waals surface area contributed by atoms with E-state index >= 15 is 0 Å².